The Morgan fingerprint density at radius 1 is 1.04 bits per heavy atom. The monoisotopic (exact) mass is 491 g/mol. The first-order valence-corrected chi connectivity index (χ1v) is 9.68. The number of halogens is 3. The predicted molar refractivity (Wildman–Crippen MR) is 113 cm³/mol. The van der Waals surface area contributed by atoms with Gasteiger partial charge in [0.15, 0.2) is 0 Å². The van der Waals surface area contributed by atoms with Crippen molar-refractivity contribution in [2.24, 2.45) is 4.99 Å². The standard InChI is InChI=1S/C21H16Br2FNO2/c1-26-19-7-5-18(6-8-19)25-12-15-10-16(22)11-20(23)21(15)27-13-14-3-2-4-17(24)9-14/h2-12H,13H2,1H3. The average molecular weight is 493 g/mol. The number of aliphatic imine (C=N–C) groups is 1. The van der Waals surface area contributed by atoms with E-state index in [9.17, 15) is 4.39 Å². The van der Waals surface area contributed by atoms with Gasteiger partial charge >= 0.3 is 0 Å². The van der Waals surface area contributed by atoms with Crippen LogP contribution in [-0.4, -0.2) is 13.3 Å². The van der Waals surface area contributed by atoms with E-state index in [1.165, 1.54) is 12.1 Å². The van der Waals surface area contributed by atoms with Crippen LogP contribution in [0.5, 0.6) is 11.5 Å². The maximum Gasteiger partial charge on any atom is 0.142 e. The zero-order chi connectivity index (χ0) is 19.2. The first-order valence-electron chi connectivity index (χ1n) is 8.09. The van der Waals surface area contributed by atoms with Crippen LogP contribution >= 0.6 is 31.9 Å². The Bertz CT molecular complexity index is 959. The lowest BCUT2D eigenvalue weighted by Crippen LogP contribution is -2.00. The van der Waals surface area contributed by atoms with Crippen LogP contribution in [0, 0.1) is 5.82 Å². The van der Waals surface area contributed by atoms with Crippen LogP contribution in [0.25, 0.3) is 0 Å². The van der Waals surface area contributed by atoms with Crippen molar-refractivity contribution < 1.29 is 13.9 Å². The van der Waals surface area contributed by atoms with Crippen molar-refractivity contribution in [3.63, 3.8) is 0 Å². The highest BCUT2D eigenvalue weighted by Crippen LogP contribution is 2.33. The van der Waals surface area contributed by atoms with E-state index < -0.39 is 0 Å². The molecule has 0 aliphatic heterocycles. The van der Waals surface area contributed by atoms with Gasteiger partial charge in [0, 0.05) is 16.3 Å². The summed E-state index contributed by atoms with van der Waals surface area (Å²) in [7, 11) is 1.62. The molecule has 0 heterocycles. The van der Waals surface area contributed by atoms with Crippen molar-refractivity contribution in [3.05, 3.63) is 86.6 Å². The van der Waals surface area contributed by atoms with Crippen LogP contribution in [0.4, 0.5) is 10.1 Å². The molecule has 6 heteroatoms. The Hall–Kier alpha value is -2.18. The molecule has 0 atom stereocenters. The second-order valence-corrected chi connectivity index (χ2v) is 7.45. The van der Waals surface area contributed by atoms with Gasteiger partial charge in [-0.1, -0.05) is 28.1 Å². The lowest BCUT2D eigenvalue weighted by molar-refractivity contribution is 0.303. The lowest BCUT2D eigenvalue weighted by Gasteiger charge is -2.12. The van der Waals surface area contributed by atoms with E-state index in [-0.39, 0.29) is 12.4 Å². The highest BCUT2D eigenvalue weighted by atomic mass is 79.9. The summed E-state index contributed by atoms with van der Waals surface area (Å²) in [6.07, 6.45) is 1.73. The molecule has 0 fully saturated rings. The van der Waals surface area contributed by atoms with Gasteiger partial charge in [0.25, 0.3) is 0 Å². The van der Waals surface area contributed by atoms with E-state index in [1.807, 2.05) is 42.5 Å². The second kappa shape index (κ2) is 9.15. The van der Waals surface area contributed by atoms with E-state index in [2.05, 4.69) is 36.9 Å². The van der Waals surface area contributed by atoms with Gasteiger partial charge in [0.2, 0.25) is 0 Å². The van der Waals surface area contributed by atoms with Crippen LogP contribution in [0.15, 0.2) is 74.6 Å². The highest BCUT2D eigenvalue weighted by molar-refractivity contribution is 9.11. The van der Waals surface area contributed by atoms with Gasteiger partial charge in [-0.15, -0.1) is 0 Å². The summed E-state index contributed by atoms with van der Waals surface area (Å²) >= 11 is 7.01. The molecule has 0 saturated carbocycles. The molecule has 0 saturated heterocycles. The minimum Gasteiger partial charge on any atom is -0.497 e. The van der Waals surface area contributed by atoms with Crippen molar-refractivity contribution in [3.8, 4) is 11.5 Å². The van der Waals surface area contributed by atoms with Crippen molar-refractivity contribution in [1.29, 1.82) is 0 Å². The van der Waals surface area contributed by atoms with Crippen molar-refractivity contribution in [2.45, 2.75) is 6.61 Å². The fourth-order valence-electron chi connectivity index (χ4n) is 2.42. The molecule has 0 bridgehead atoms. The number of hydrogen-bond donors (Lipinski definition) is 0. The van der Waals surface area contributed by atoms with Crippen LogP contribution in [0.1, 0.15) is 11.1 Å². The molecule has 0 aromatic heterocycles. The third-order valence-corrected chi connectivity index (χ3v) is 4.78. The largest absolute Gasteiger partial charge is 0.497 e. The zero-order valence-corrected chi connectivity index (χ0v) is 17.6. The maximum atomic E-state index is 13.4. The Balaban J connectivity index is 1.84. The fourth-order valence-corrected chi connectivity index (χ4v) is 3.80. The molecule has 27 heavy (non-hydrogen) atoms. The molecule has 138 valence electrons. The lowest BCUT2D eigenvalue weighted by atomic mass is 10.2. The molecule has 3 rings (SSSR count). The highest BCUT2D eigenvalue weighted by Gasteiger charge is 2.10. The van der Waals surface area contributed by atoms with Crippen LogP contribution in [-0.2, 0) is 6.61 Å². The summed E-state index contributed by atoms with van der Waals surface area (Å²) in [6.45, 7) is 0.251. The Kier molecular flexibility index (Phi) is 6.63. The number of hydrogen-bond acceptors (Lipinski definition) is 3. The van der Waals surface area contributed by atoms with Crippen LogP contribution < -0.4 is 9.47 Å². The number of ether oxygens (including phenoxy) is 2. The van der Waals surface area contributed by atoms with Gasteiger partial charge in [0.05, 0.1) is 17.3 Å². The fraction of sp³-hybridized carbons (Fsp3) is 0.0952. The quantitative estimate of drug-likeness (QED) is 0.359. The molecule has 3 aromatic carbocycles. The molecular weight excluding hydrogens is 477 g/mol. The minimum atomic E-state index is -0.285. The Morgan fingerprint density at radius 3 is 2.52 bits per heavy atom. The summed E-state index contributed by atoms with van der Waals surface area (Å²) in [4.78, 5) is 4.50. The minimum absolute atomic E-state index is 0.251. The Morgan fingerprint density at radius 2 is 1.81 bits per heavy atom. The predicted octanol–water partition coefficient (Wildman–Crippen LogP) is 6.69. The molecule has 0 aliphatic carbocycles. The molecular formula is C21H16Br2FNO2. The van der Waals surface area contributed by atoms with E-state index in [4.69, 9.17) is 9.47 Å². The molecule has 0 amide bonds. The second-order valence-electron chi connectivity index (χ2n) is 5.68. The third-order valence-electron chi connectivity index (χ3n) is 3.73. The molecule has 0 aliphatic rings. The van der Waals surface area contributed by atoms with E-state index >= 15 is 0 Å². The Labute approximate surface area is 174 Å². The topological polar surface area (TPSA) is 30.8 Å². The number of methoxy groups -OCH3 is 1. The molecule has 0 N–H and O–H groups in total. The van der Waals surface area contributed by atoms with Gasteiger partial charge in [0.1, 0.15) is 23.9 Å². The van der Waals surface area contributed by atoms with Gasteiger partial charge in [-0.3, -0.25) is 4.99 Å². The summed E-state index contributed by atoms with van der Waals surface area (Å²) < 4.78 is 26.1. The van der Waals surface area contributed by atoms with E-state index in [0.717, 1.165) is 31.5 Å². The molecule has 3 aromatic rings. The van der Waals surface area contributed by atoms with Gasteiger partial charge < -0.3 is 9.47 Å². The van der Waals surface area contributed by atoms with Crippen molar-refractivity contribution in [1.82, 2.24) is 0 Å². The average Bonchev–Trinajstić information content (AvgIpc) is 2.66. The summed E-state index contributed by atoms with van der Waals surface area (Å²) in [5, 5.41) is 0. The van der Waals surface area contributed by atoms with Crippen molar-refractivity contribution in [2.75, 3.05) is 7.11 Å². The molecule has 0 unspecified atom stereocenters. The first-order chi connectivity index (χ1) is 13.0. The summed E-state index contributed by atoms with van der Waals surface area (Å²) in [5.74, 6) is 1.13. The van der Waals surface area contributed by atoms with E-state index in [1.54, 1.807) is 19.4 Å². The maximum absolute atomic E-state index is 13.4. The smallest absolute Gasteiger partial charge is 0.142 e. The third kappa shape index (κ3) is 5.40. The normalized spacial score (nSPS) is 11.0. The molecule has 3 nitrogen and oxygen atoms in total. The van der Waals surface area contributed by atoms with Crippen LogP contribution in [0.2, 0.25) is 0 Å². The summed E-state index contributed by atoms with van der Waals surface area (Å²) in [5.41, 5.74) is 2.34. The van der Waals surface area contributed by atoms with Crippen LogP contribution in [0.3, 0.4) is 0 Å². The van der Waals surface area contributed by atoms with E-state index in [0.29, 0.717) is 5.75 Å². The zero-order valence-electron chi connectivity index (χ0n) is 14.5. The number of benzene rings is 3. The number of nitrogens with zero attached hydrogens (tertiary/aromatic N) is 1. The first kappa shape index (κ1) is 19.6. The SMILES string of the molecule is COc1ccc(N=Cc2cc(Br)cc(Br)c2OCc2cccc(F)c2)cc1. The van der Waals surface area contributed by atoms with Crippen molar-refractivity contribution >= 4 is 43.8 Å². The van der Waals surface area contributed by atoms with Gasteiger partial charge in [-0.05, 0) is 70.0 Å². The molecule has 0 radical (unpaired) electrons. The number of rotatable bonds is 6. The summed E-state index contributed by atoms with van der Waals surface area (Å²) in [6, 6.07) is 17.6. The molecule has 0 spiro atoms. The van der Waals surface area contributed by atoms with Gasteiger partial charge in [-0.2, -0.15) is 0 Å². The van der Waals surface area contributed by atoms with Gasteiger partial charge in [-0.25, -0.2) is 4.39 Å².